The van der Waals surface area contributed by atoms with Gasteiger partial charge < -0.3 is 9.84 Å². The first-order valence-electron chi connectivity index (χ1n) is 11.0. The summed E-state index contributed by atoms with van der Waals surface area (Å²) in [5.74, 6) is -0.188. The van der Waals surface area contributed by atoms with Crippen molar-refractivity contribution in [1.29, 1.82) is 5.26 Å². The molecular formula is C25H27N4NaO3S. The third-order valence-electron chi connectivity index (χ3n) is 5.77. The van der Waals surface area contributed by atoms with Gasteiger partial charge in [0, 0.05) is 30.8 Å². The van der Waals surface area contributed by atoms with E-state index in [9.17, 15) is 10.1 Å². The molecule has 1 aromatic heterocycles. The molecule has 1 N–H and O–H groups in total. The van der Waals surface area contributed by atoms with E-state index in [0.717, 1.165) is 40.7 Å². The van der Waals surface area contributed by atoms with Crippen molar-refractivity contribution in [2.75, 3.05) is 13.1 Å². The number of carbonyl (C=O) groups is 1. The van der Waals surface area contributed by atoms with Crippen LogP contribution in [-0.4, -0.2) is 74.9 Å². The zero-order valence-corrected chi connectivity index (χ0v) is 19.8. The zero-order valence-electron chi connectivity index (χ0n) is 19.0. The van der Waals surface area contributed by atoms with Crippen molar-refractivity contribution in [3.8, 4) is 33.0 Å². The van der Waals surface area contributed by atoms with Crippen molar-refractivity contribution in [3.63, 3.8) is 0 Å². The van der Waals surface area contributed by atoms with Crippen LogP contribution in [0.1, 0.15) is 42.5 Å². The fourth-order valence-corrected chi connectivity index (χ4v) is 5.05. The zero-order chi connectivity index (χ0) is 23.5. The van der Waals surface area contributed by atoms with Gasteiger partial charge in [-0.1, -0.05) is 23.5 Å². The molecule has 7 nitrogen and oxygen atoms in total. The van der Waals surface area contributed by atoms with E-state index in [1.807, 2.05) is 26.0 Å². The predicted octanol–water partition coefficient (Wildman–Crippen LogP) is 4.02. The second kappa shape index (κ2) is 11.4. The topological polar surface area (TPSA) is 99.3 Å². The molecule has 2 aromatic carbocycles. The number of ether oxygens (including phenoxy) is 1. The summed E-state index contributed by atoms with van der Waals surface area (Å²) in [6, 6.07) is 11.9. The van der Waals surface area contributed by atoms with Gasteiger partial charge in [0.15, 0.2) is 0 Å². The standard InChI is InChI=1S/C25H26N4O3S.Na.H/c1-15(2)32-22-7-5-17(12-19(22)13-26)24-27-28-25(33-24)21-6-4-18-14-29(11-9-23(30)31)10-8-20(18)16(21)3;;/h4-7,12,15H,8-11,14H2,1-3H3,(H,30,31);;. The molecule has 0 fully saturated rings. The summed E-state index contributed by atoms with van der Waals surface area (Å²) < 4.78 is 5.72. The Morgan fingerprint density at radius 1 is 1.26 bits per heavy atom. The fraction of sp³-hybridized carbons (Fsp3) is 0.360. The molecule has 3 aromatic rings. The molecule has 2 heterocycles. The number of hydrogen-bond donors (Lipinski definition) is 1. The molecule has 0 aliphatic carbocycles. The Labute approximate surface area is 225 Å². The molecule has 1 aliphatic heterocycles. The number of carboxylic acid groups (broad SMARTS) is 1. The summed E-state index contributed by atoms with van der Waals surface area (Å²) in [5.41, 5.74) is 6.16. The van der Waals surface area contributed by atoms with Crippen LogP contribution < -0.4 is 4.74 Å². The van der Waals surface area contributed by atoms with Gasteiger partial charge in [0.2, 0.25) is 0 Å². The van der Waals surface area contributed by atoms with Gasteiger partial charge in [-0.25, -0.2) is 0 Å². The van der Waals surface area contributed by atoms with Crippen LogP contribution in [0, 0.1) is 18.3 Å². The van der Waals surface area contributed by atoms with Gasteiger partial charge >= 0.3 is 35.5 Å². The molecule has 172 valence electrons. The summed E-state index contributed by atoms with van der Waals surface area (Å²) >= 11 is 1.51. The quantitative estimate of drug-likeness (QED) is 0.504. The monoisotopic (exact) mass is 486 g/mol. The Kier molecular flexibility index (Phi) is 8.85. The minimum atomic E-state index is -0.761. The number of nitriles is 1. The van der Waals surface area contributed by atoms with Crippen LogP contribution in [0.5, 0.6) is 5.75 Å². The van der Waals surface area contributed by atoms with E-state index in [0.29, 0.717) is 17.9 Å². The Balaban J connectivity index is 0.00000324. The van der Waals surface area contributed by atoms with Gasteiger partial charge in [-0.15, -0.1) is 10.2 Å². The minimum absolute atomic E-state index is 0. The van der Waals surface area contributed by atoms with E-state index < -0.39 is 5.97 Å². The Morgan fingerprint density at radius 2 is 2.03 bits per heavy atom. The number of rotatable bonds is 7. The van der Waals surface area contributed by atoms with Gasteiger partial charge in [-0.05, 0) is 62.1 Å². The summed E-state index contributed by atoms with van der Waals surface area (Å²) in [7, 11) is 0. The number of aliphatic carboxylic acids is 1. The Hall–Kier alpha value is -2.28. The van der Waals surface area contributed by atoms with E-state index in [1.165, 1.54) is 28.0 Å². The van der Waals surface area contributed by atoms with E-state index >= 15 is 0 Å². The van der Waals surface area contributed by atoms with E-state index in [-0.39, 0.29) is 42.1 Å². The summed E-state index contributed by atoms with van der Waals surface area (Å²) in [6.45, 7) is 8.18. The van der Waals surface area contributed by atoms with Gasteiger partial charge in [0.25, 0.3) is 0 Å². The molecule has 0 spiro atoms. The van der Waals surface area contributed by atoms with Crippen molar-refractivity contribution in [1.82, 2.24) is 15.1 Å². The average Bonchev–Trinajstić information content (AvgIpc) is 3.27. The normalized spacial score (nSPS) is 13.1. The molecule has 0 saturated carbocycles. The predicted molar refractivity (Wildman–Crippen MR) is 134 cm³/mol. The van der Waals surface area contributed by atoms with Crippen LogP contribution in [-0.2, 0) is 17.8 Å². The molecule has 0 unspecified atom stereocenters. The third kappa shape index (κ3) is 5.85. The van der Waals surface area contributed by atoms with Crippen LogP contribution in [0.2, 0.25) is 0 Å². The van der Waals surface area contributed by atoms with E-state index in [2.05, 4.69) is 40.2 Å². The van der Waals surface area contributed by atoms with Gasteiger partial charge in [0.05, 0.1) is 18.1 Å². The number of hydrogen-bond acceptors (Lipinski definition) is 7. The molecule has 0 radical (unpaired) electrons. The van der Waals surface area contributed by atoms with Crippen molar-refractivity contribution in [3.05, 3.63) is 52.6 Å². The fourth-order valence-electron chi connectivity index (χ4n) is 4.13. The first kappa shape index (κ1) is 26.3. The molecule has 9 heteroatoms. The molecule has 0 saturated heterocycles. The van der Waals surface area contributed by atoms with Crippen LogP contribution in [0.15, 0.2) is 30.3 Å². The maximum atomic E-state index is 10.9. The number of fused-ring (bicyclic) bond motifs is 1. The number of benzene rings is 2. The molecule has 4 rings (SSSR count). The van der Waals surface area contributed by atoms with Crippen LogP contribution in [0.3, 0.4) is 0 Å². The molecular weight excluding hydrogens is 459 g/mol. The molecule has 0 bridgehead atoms. The number of nitrogens with zero attached hydrogens (tertiary/aromatic N) is 4. The molecule has 34 heavy (non-hydrogen) atoms. The van der Waals surface area contributed by atoms with Crippen LogP contribution >= 0.6 is 11.3 Å². The van der Waals surface area contributed by atoms with Crippen molar-refractivity contribution in [2.45, 2.75) is 46.3 Å². The third-order valence-corrected chi connectivity index (χ3v) is 6.78. The summed E-state index contributed by atoms with van der Waals surface area (Å²) in [4.78, 5) is 13.1. The first-order valence-corrected chi connectivity index (χ1v) is 11.8. The second-order valence-electron chi connectivity index (χ2n) is 8.45. The van der Waals surface area contributed by atoms with Crippen LogP contribution in [0.4, 0.5) is 0 Å². The molecule has 0 atom stereocenters. The molecule has 1 aliphatic rings. The Bertz CT molecular complexity index is 1240. The van der Waals surface area contributed by atoms with E-state index in [4.69, 9.17) is 9.84 Å². The SMILES string of the molecule is Cc1c(-c2nnc(-c3ccc(OC(C)C)c(C#N)c3)s2)ccc2c1CCN(CCC(=O)O)C2.[NaH]. The number of carboxylic acids is 1. The van der Waals surface area contributed by atoms with Gasteiger partial charge in [0.1, 0.15) is 21.8 Å². The van der Waals surface area contributed by atoms with Gasteiger partial charge in [-0.3, -0.25) is 9.69 Å². The summed E-state index contributed by atoms with van der Waals surface area (Å²) in [6.07, 6.45) is 1.05. The molecule has 0 amide bonds. The first-order chi connectivity index (χ1) is 15.9. The Morgan fingerprint density at radius 3 is 2.74 bits per heavy atom. The van der Waals surface area contributed by atoms with Crippen molar-refractivity contribution < 1.29 is 14.6 Å². The van der Waals surface area contributed by atoms with Crippen LogP contribution in [0.25, 0.3) is 21.1 Å². The maximum absolute atomic E-state index is 10.9. The van der Waals surface area contributed by atoms with Crippen molar-refractivity contribution >= 4 is 46.9 Å². The van der Waals surface area contributed by atoms with Gasteiger partial charge in [-0.2, -0.15) is 5.26 Å². The average molecular weight is 487 g/mol. The summed E-state index contributed by atoms with van der Waals surface area (Å²) in [5, 5.41) is 28.9. The second-order valence-corrected chi connectivity index (χ2v) is 9.42. The van der Waals surface area contributed by atoms with E-state index in [1.54, 1.807) is 6.07 Å². The van der Waals surface area contributed by atoms with Crippen molar-refractivity contribution in [2.24, 2.45) is 0 Å². The number of aromatic nitrogens is 2.